The number of hydrogen-bond donors (Lipinski definition) is 0. The second-order valence-corrected chi connectivity index (χ2v) is 7.04. The van der Waals surface area contributed by atoms with Crippen molar-refractivity contribution in [2.75, 3.05) is 6.54 Å². The molecule has 2 nitrogen and oxygen atoms in total. The number of rotatable bonds is 5. The lowest BCUT2D eigenvalue weighted by molar-refractivity contribution is 0.0672. The summed E-state index contributed by atoms with van der Waals surface area (Å²) in [5.41, 5.74) is 0.809. The van der Waals surface area contributed by atoms with Crippen molar-refractivity contribution in [3.63, 3.8) is 0 Å². The number of hydrogen-bond acceptors (Lipinski definition) is 1. The van der Waals surface area contributed by atoms with Crippen molar-refractivity contribution in [1.82, 2.24) is 4.90 Å². The Bertz CT molecular complexity index is 435. The molecule has 0 radical (unpaired) electrons. The first kappa shape index (κ1) is 15.6. The number of carbonyl (C=O) groups is 1. The maximum absolute atomic E-state index is 12.8. The lowest BCUT2D eigenvalue weighted by atomic mass is 10.1. The molecule has 0 unspecified atom stereocenters. The van der Waals surface area contributed by atoms with E-state index in [1.165, 1.54) is 25.7 Å². The first-order chi connectivity index (χ1) is 9.58. The molecule has 1 aromatic carbocycles. The van der Waals surface area contributed by atoms with E-state index in [0.717, 1.165) is 23.0 Å². The van der Waals surface area contributed by atoms with Gasteiger partial charge in [-0.2, -0.15) is 0 Å². The predicted molar refractivity (Wildman–Crippen MR) is 86.9 cm³/mol. The van der Waals surface area contributed by atoms with Gasteiger partial charge in [0.15, 0.2) is 0 Å². The van der Waals surface area contributed by atoms with Gasteiger partial charge in [-0.1, -0.05) is 42.6 Å². The van der Waals surface area contributed by atoms with E-state index in [9.17, 15) is 4.79 Å². The van der Waals surface area contributed by atoms with Crippen LogP contribution in [-0.4, -0.2) is 23.4 Å². The normalized spacial score (nSPS) is 15.8. The molecule has 0 atom stereocenters. The fraction of sp³-hybridized carbons (Fsp3) is 0.588. The van der Waals surface area contributed by atoms with Crippen LogP contribution in [0.25, 0.3) is 0 Å². The topological polar surface area (TPSA) is 20.3 Å². The van der Waals surface area contributed by atoms with Crippen LogP contribution in [0.15, 0.2) is 28.7 Å². The maximum Gasteiger partial charge on any atom is 0.254 e. The number of amides is 1. The smallest absolute Gasteiger partial charge is 0.254 e. The lowest BCUT2D eigenvalue weighted by Crippen LogP contribution is -2.40. The van der Waals surface area contributed by atoms with Gasteiger partial charge < -0.3 is 4.90 Å². The van der Waals surface area contributed by atoms with Gasteiger partial charge in [0.1, 0.15) is 0 Å². The first-order valence-corrected chi connectivity index (χ1v) is 8.43. The van der Waals surface area contributed by atoms with Crippen LogP contribution in [0, 0.1) is 5.92 Å². The molecule has 1 aromatic rings. The van der Waals surface area contributed by atoms with Crippen LogP contribution < -0.4 is 0 Å². The van der Waals surface area contributed by atoms with E-state index in [0.29, 0.717) is 12.0 Å². The molecule has 3 heteroatoms. The van der Waals surface area contributed by atoms with E-state index in [4.69, 9.17) is 0 Å². The van der Waals surface area contributed by atoms with Crippen molar-refractivity contribution in [2.24, 2.45) is 5.92 Å². The lowest BCUT2D eigenvalue weighted by Gasteiger charge is -2.30. The van der Waals surface area contributed by atoms with Gasteiger partial charge in [0.05, 0.1) is 0 Å². The fourth-order valence-corrected chi connectivity index (χ4v) is 3.09. The standard InChI is InChI=1S/C17H24BrNO/c1-13(2)11-12-19(16-5-3-4-6-16)17(20)14-7-9-15(18)10-8-14/h7-10,13,16H,3-6,11-12H2,1-2H3. The summed E-state index contributed by atoms with van der Waals surface area (Å²) in [6.45, 7) is 5.32. The van der Waals surface area contributed by atoms with Gasteiger partial charge in [0, 0.05) is 22.6 Å². The van der Waals surface area contributed by atoms with E-state index < -0.39 is 0 Å². The summed E-state index contributed by atoms with van der Waals surface area (Å²) in [5.74, 6) is 0.835. The molecular formula is C17H24BrNO. The number of benzene rings is 1. The Labute approximate surface area is 130 Å². The molecule has 1 saturated carbocycles. The molecular weight excluding hydrogens is 314 g/mol. The third-order valence-electron chi connectivity index (χ3n) is 4.06. The third-order valence-corrected chi connectivity index (χ3v) is 4.59. The van der Waals surface area contributed by atoms with Gasteiger partial charge in [-0.25, -0.2) is 0 Å². The van der Waals surface area contributed by atoms with Crippen molar-refractivity contribution >= 4 is 21.8 Å². The summed E-state index contributed by atoms with van der Waals surface area (Å²) in [6, 6.07) is 8.18. The van der Waals surface area contributed by atoms with E-state index in [1.807, 2.05) is 24.3 Å². The Balaban J connectivity index is 2.11. The summed E-state index contributed by atoms with van der Waals surface area (Å²) < 4.78 is 1.02. The number of halogens is 1. The van der Waals surface area contributed by atoms with Gasteiger partial charge in [-0.15, -0.1) is 0 Å². The minimum atomic E-state index is 0.199. The van der Waals surface area contributed by atoms with Crippen molar-refractivity contribution in [3.05, 3.63) is 34.3 Å². The van der Waals surface area contributed by atoms with Crippen LogP contribution in [-0.2, 0) is 0 Å². The molecule has 1 aliphatic carbocycles. The highest BCUT2D eigenvalue weighted by molar-refractivity contribution is 9.10. The predicted octanol–water partition coefficient (Wildman–Crippen LogP) is 4.88. The highest BCUT2D eigenvalue weighted by Crippen LogP contribution is 2.26. The van der Waals surface area contributed by atoms with Crippen LogP contribution in [0.4, 0.5) is 0 Å². The quantitative estimate of drug-likeness (QED) is 0.749. The second kappa shape index (κ2) is 7.26. The van der Waals surface area contributed by atoms with E-state index in [1.54, 1.807) is 0 Å². The Kier molecular flexibility index (Phi) is 5.64. The zero-order chi connectivity index (χ0) is 14.5. The van der Waals surface area contributed by atoms with E-state index in [-0.39, 0.29) is 5.91 Å². The van der Waals surface area contributed by atoms with E-state index >= 15 is 0 Å². The molecule has 2 rings (SSSR count). The maximum atomic E-state index is 12.8. The molecule has 1 amide bonds. The Morgan fingerprint density at radius 2 is 1.85 bits per heavy atom. The SMILES string of the molecule is CC(C)CCN(C(=O)c1ccc(Br)cc1)C1CCCC1. The molecule has 0 spiro atoms. The molecule has 0 aromatic heterocycles. The zero-order valence-electron chi connectivity index (χ0n) is 12.4. The van der Waals surface area contributed by atoms with Crippen molar-refractivity contribution in [3.8, 4) is 0 Å². The summed E-state index contributed by atoms with van der Waals surface area (Å²) in [4.78, 5) is 14.9. The van der Waals surface area contributed by atoms with Crippen molar-refractivity contribution in [1.29, 1.82) is 0 Å². The molecule has 0 N–H and O–H groups in total. The Morgan fingerprint density at radius 1 is 1.25 bits per heavy atom. The molecule has 0 bridgehead atoms. The first-order valence-electron chi connectivity index (χ1n) is 7.64. The van der Waals surface area contributed by atoms with Crippen molar-refractivity contribution in [2.45, 2.75) is 52.0 Å². The molecule has 1 fully saturated rings. The van der Waals surface area contributed by atoms with Gasteiger partial charge in [0.25, 0.3) is 5.91 Å². The zero-order valence-corrected chi connectivity index (χ0v) is 14.0. The molecule has 0 saturated heterocycles. The molecule has 0 aliphatic heterocycles. The third kappa shape index (κ3) is 4.08. The van der Waals surface area contributed by atoms with Crippen LogP contribution in [0.1, 0.15) is 56.3 Å². The van der Waals surface area contributed by atoms with Gasteiger partial charge >= 0.3 is 0 Å². The van der Waals surface area contributed by atoms with Crippen LogP contribution in [0.2, 0.25) is 0 Å². The van der Waals surface area contributed by atoms with E-state index in [2.05, 4.69) is 34.7 Å². The Morgan fingerprint density at radius 3 is 2.40 bits per heavy atom. The highest BCUT2D eigenvalue weighted by Gasteiger charge is 2.27. The number of nitrogens with zero attached hydrogens (tertiary/aromatic N) is 1. The van der Waals surface area contributed by atoms with Crippen LogP contribution in [0.5, 0.6) is 0 Å². The van der Waals surface area contributed by atoms with Gasteiger partial charge in [0.2, 0.25) is 0 Å². The van der Waals surface area contributed by atoms with Gasteiger partial charge in [-0.05, 0) is 49.4 Å². The Hall–Kier alpha value is -0.830. The fourth-order valence-electron chi connectivity index (χ4n) is 2.82. The minimum Gasteiger partial charge on any atom is -0.336 e. The summed E-state index contributed by atoms with van der Waals surface area (Å²) >= 11 is 3.42. The average Bonchev–Trinajstić information content (AvgIpc) is 2.93. The van der Waals surface area contributed by atoms with Gasteiger partial charge in [-0.3, -0.25) is 4.79 Å². The van der Waals surface area contributed by atoms with Crippen LogP contribution >= 0.6 is 15.9 Å². The molecule has 0 heterocycles. The average molecular weight is 338 g/mol. The second-order valence-electron chi connectivity index (χ2n) is 6.13. The highest BCUT2D eigenvalue weighted by atomic mass is 79.9. The summed E-state index contributed by atoms with van der Waals surface area (Å²) in [6.07, 6.45) is 5.94. The largest absolute Gasteiger partial charge is 0.336 e. The summed E-state index contributed by atoms with van der Waals surface area (Å²) in [7, 11) is 0. The molecule has 1 aliphatic rings. The van der Waals surface area contributed by atoms with Crippen LogP contribution in [0.3, 0.4) is 0 Å². The summed E-state index contributed by atoms with van der Waals surface area (Å²) in [5, 5.41) is 0. The minimum absolute atomic E-state index is 0.199. The monoisotopic (exact) mass is 337 g/mol. The molecule has 20 heavy (non-hydrogen) atoms. The molecule has 110 valence electrons. The number of carbonyl (C=O) groups excluding carboxylic acids is 1. The van der Waals surface area contributed by atoms with Crippen molar-refractivity contribution < 1.29 is 4.79 Å².